The third kappa shape index (κ3) is 4.63. The summed E-state index contributed by atoms with van der Waals surface area (Å²) in [5, 5.41) is 18.1. The highest BCUT2D eigenvalue weighted by atomic mass is 35.5. The highest BCUT2D eigenvalue weighted by molar-refractivity contribution is 6.34. The lowest BCUT2D eigenvalue weighted by Crippen LogP contribution is -2.30. The zero-order valence-electron chi connectivity index (χ0n) is 9.81. The summed E-state index contributed by atoms with van der Waals surface area (Å²) in [4.78, 5) is 12.9. The molecule has 1 amide bonds. The molecule has 6 heteroatoms. The molecular formula is C13H9Cl2N3O. The van der Waals surface area contributed by atoms with Crippen molar-refractivity contribution in [2.75, 3.05) is 13.1 Å². The molecule has 0 saturated heterocycles. The summed E-state index contributed by atoms with van der Waals surface area (Å²) >= 11 is 11.8. The second kappa shape index (κ2) is 7.43. The van der Waals surface area contributed by atoms with Crippen molar-refractivity contribution in [2.24, 2.45) is 0 Å². The van der Waals surface area contributed by atoms with Gasteiger partial charge in [0.2, 0.25) is 5.91 Å². The average molecular weight is 294 g/mol. The van der Waals surface area contributed by atoms with Crippen LogP contribution in [0.25, 0.3) is 6.08 Å². The van der Waals surface area contributed by atoms with Gasteiger partial charge in [0, 0.05) is 16.1 Å². The van der Waals surface area contributed by atoms with Crippen molar-refractivity contribution < 1.29 is 4.79 Å². The van der Waals surface area contributed by atoms with Crippen LogP contribution in [0.4, 0.5) is 0 Å². The van der Waals surface area contributed by atoms with E-state index in [9.17, 15) is 4.79 Å². The van der Waals surface area contributed by atoms with Crippen LogP contribution in [0.5, 0.6) is 0 Å². The number of benzene rings is 1. The lowest BCUT2D eigenvalue weighted by atomic mass is 10.2. The second-order valence-corrected chi connectivity index (χ2v) is 4.35. The van der Waals surface area contributed by atoms with Gasteiger partial charge in [-0.2, -0.15) is 10.5 Å². The zero-order chi connectivity index (χ0) is 14.3. The summed E-state index contributed by atoms with van der Waals surface area (Å²) in [6.07, 6.45) is 2.75. The van der Waals surface area contributed by atoms with E-state index in [-0.39, 0.29) is 13.1 Å². The lowest BCUT2D eigenvalue weighted by molar-refractivity contribution is -0.124. The van der Waals surface area contributed by atoms with Crippen molar-refractivity contribution in [3.63, 3.8) is 0 Å². The predicted molar refractivity (Wildman–Crippen MR) is 73.3 cm³/mol. The van der Waals surface area contributed by atoms with Gasteiger partial charge in [0.05, 0.1) is 12.1 Å². The van der Waals surface area contributed by atoms with Crippen molar-refractivity contribution in [3.05, 3.63) is 39.9 Å². The summed E-state index contributed by atoms with van der Waals surface area (Å²) < 4.78 is 0. The van der Waals surface area contributed by atoms with Gasteiger partial charge < -0.3 is 4.90 Å². The van der Waals surface area contributed by atoms with Gasteiger partial charge in [0.1, 0.15) is 13.1 Å². The Hall–Kier alpha value is -2.01. The van der Waals surface area contributed by atoms with Crippen molar-refractivity contribution in [1.82, 2.24) is 4.90 Å². The van der Waals surface area contributed by atoms with Gasteiger partial charge in [-0.1, -0.05) is 23.2 Å². The van der Waals surface area contributed by atoms with E-state index < -0.39 is 5.91 Å². The third-order valence-corrected chi connectivity index (χ3v) is 2.78. The first-order chi connectivity index (χ1) is 9.08. The molecule has 0 saturated carbocycles. The molecule has 19 heavy (non-hydrogen) atoms. The molecule has 1 rings (SSSR count). The van der Waals surface area contributed by atoms with Crippen molar-refractivity contribution in [2.45, 2.75) is 0 Å². The van der Waals surface area contributed by atoms with Gasteiger partial charge in [-0.3, -0.25) is 4.79 Å². The number of nitriles is 2. The second-order valence-electron chi connectivity index (χ2n) is 3.51. The van der Waals surface area contributed by atoms with Crippen LogP contribution in [0, 0.1) is 22.7 Å². The van der Waals surface area contributed by atoms with Crippen LogP contribution >= 0.6 is 23.2 Å². The molecular weight excluding hydrogens is 285 g/mol. The first-order valence-corrected chi connectivity index (χ1v) is 6.00. The number of carbonyl (C=O) groups excluding carboxylic acids is 1. The number of hydrogen-bond acceptors (Lipinski definition) is 3. The van der Waals surface area contributed by atoms with E-state index in [2.05, 4.69) is 0 Å². The molecule has 1 aromatic carbocycles. The summed E-state index contributed by atoms with van der Waals surface area (Å²) in [6.45, 7) is -0.278. The Bertz CT molecular complexity index is 569. The maximum absolute atomic E-state index is 11.8. The molecule has 4 nitrogen and oxygen atoms in total. The first kappa shape index (κ1) is 15.0. The highest BCUT2D eigenvalue weighted by Crippen LogP contribution is 2.21. The van der Waals surface area contributed by atoms with E-state index in [0.29, 0.717) is 15.6 Å². The van der Waals surface area contributed by atoms with Crippen LogP contribution in [0.15, 0.2) is 24.3 Å². The van der Waals surface area contributed by atoms with E-state index in [1.807, 2.05) is 12.1 Å². The van der Waals surface area contributed by atoms with Gasteiger partial charge in [0.25, 0.3) is 0 Å². The van der Waals surface area contributed by atoms with Gasteiger partial charge in [-0.25, -0.2) is 0 Å². The average Bonchev–Trinajstić information content (AvgIpc) is 2.39. The predicted octanol–water partition coefficient (Wildman–Crippen LogP) is 2.88. The van der Waals surface area contributed by atoms with Gasteiger partial charge in [0.15, 0.2) is 0 Å². The van der Waals surface area contributed by atoms with Crippen molar-refractivity contribution >= 4 is 35.2 Å². The van der Waals surface area contributed by atoms with Gasteiger partial charge >= 0.3 is 0 Å². The number of nitrogens with zero attached hydrogens (tertiary/aromatic N) is 3. The third-order valence-electron chi connectivity index (χ3n) is 2.20. The monoisotopic (exact) mass is 293 g/mol. The Morgan fingerprint density at radius 3 is 2.47 bits per heavy atom. The van der Waals surface area contributed by atoms with E-state index in [1.165, 1.54) is 12.2 Å². The van der Waals surface area contributed by atoms with E-state index >= 15 is 0 Å². The molecule has 0 atom stereocenters. The number of halogens is 2. The van der Waals surface area contributed by atoms with Crippen molar-refractivity contribution in [3.8, 4) is 12.1 Å². The van der Waals surface area contributed by atoms with Gasteiger partial charge in [-0.05, 0) is 29.8 Å². The normalized spacial score (nSPS) is 9.89. The first-order valence-electron chi connectivity index (χ1n) is 5.24. The molecule has 0 N–H and O–H groups in total. The lowest BCUT2D eigenvalue weighted by Gasteiger charge is -2.12. The Kier molecular flexibility index (Phi) is 5.89. The number of hydrogen-bond donors (Lipinski definition) is 0. The Morgan fingerprint density at radius 1 is 1.26 bits per heavy atom. The molecule has 0 heterocycles. The number of rotatable bonds is 4. The summed E-state index contributed by atoms with van der Waals surface area (Å²) in [7, 11) is 0. The Labute approximate surface area is 121 Å². The van der Waals surface area contributed by atoms with Gasteiger partial charge in [-0.15, -0.1) is 0 Å². The molecule has 0 aliphatic carbocycles. The summed E-state index contributed by atoms with van der Waals surface area (Å²) in [5.41, 5.74) is 0.594. The minimum absolute atomic E-state index is 0.139. The summed E-state index contributed by atoms with van der Waals surface area (Å²) in [6, 6.07) is 8.53. The smallest absolute Gasteiger partial charge is 0.248 e. The van der Waals surface area contributed by atoms with Crippen LogP contribution < -0.4 is 0 Å². The standard InChI is InChI=1S/C13H9Cl2N3O/c14-11-2-3-12(15)10(9-11)1-4-13(19)18(7-5-16)8-6-17/h1-4,9H,7-8H2/b4-1+. The van der Waals surface area contributed by atoms with Crippen molar-refractivity contribution in [1.29, 1.82) is 10.5 Å². The quantitative estimate of drug-likeness (QED) is 0.633. The van der Waals surface area contributed by atoms with E-state index in [1.54, 1.807) is 18.2 Å². The van der Waals surface area contributed by atoms with E-state index in [0.717, 1.165) is 4.90 Å². The fraction of sp³-hybridized carbons (Fsp3) is 0.154. The molecule has 0 radical (unpaired) electrons. The fourth-order valence-electron chi connectivity index (χ4n) is 1.29. The molecule has 0 aromatic heterocycles. The van der Waals surface area contributed by atoms with Crippen LogP contribution in [0.2, 0.25) is 10.0 Å². The molecule has 0 unspecified atom stereocenters. The van der Waals surface area contributed by atoms with Crippen LogP contribution in [0.1, 0.15) is 5.56 Å². The minimum Gasteiger partial charge on any atom is -0.313 e. The number of carbonyl (C=O) groups is 1. The largest absolute Gasteiger partial charge is 0.313 e. The molecule has 0 fully saturated rings. The Morgan fingerprint density at radius 2 is 1.89 bits per heavy atom. The van der Waals surface area contributed by atoms with Crippen LogP contribution in [0.3, 0.4) is 0 Å². The van der Waals surface area contributed by atoms with E-state index in [4.69, 9.17) is 33.7 Å². The molecule has 0 aliphatic rings. The molecule has 0 spiro atoms. The summed E-state index contributed by atoms with van der Waals surface area (Å²) in [5.74, 6) is -0.431. The zero-order valence-corrected chi connectivity index (χ0v) is 11.3. The fourth-order valence-corrected chi connectivity index (χ4v) is 1.65. The molecule has 1 aromatic rings. The minimum atomic E-state index is -0.431. The maximum atomic E-state index is 11.8. The maximum Gasteiger partial charge on any atom is 0.248 e. The number of amides is 1. The topological polar surface area (TPSA) is 67.9 Å². The molecule has 0 bridgehead atoms. The molecule has 96 valence electrons. The Balaban J connectivity index is 2.86. The van der Waals surface area contributed by atoms with Crippen LogP contribution in [-0.4, -0.2) is 23.9 Å². The van der Waals surface area contributed by atoms with Crippen LogP contribution in [-0.2, 0) is 4.79 Å². The molecule has 0 aliphatic heterocycles. The highest BCUT2D eigenvalue weighted by Gasteiger charge is 2.09. The SMILES string of the molecule is N#CCN(CC#N)C(=O)/C=C/c1cc(Cl)ccc1Cl.